The van der Waals surface area contributed by atoms with E-state index >= 15 is 0 Å². The standard InChI is InChI=1S/C21H24FN5O2S/c1-14(2)27(17-11-23-13-24-17)21(28)19-20(15-3-5-16(22)6-4-15)30-18(25-19)12-26-7-9-29-10-8-26/h3-6,11,13-14H,7-10,12H2,1-2H3,(H,23,24). The Morgan fingerprint density at radius 1 is 1.30 bits per heavy atom. The lowest BCUT2D eigenvalue weighted by Crippen LogP contribution is -2.38. The average Bonchev–Trinajstić information content (AvgIpc) is 3.40. The van der Waals surface area contributed by atoms with E-state index < -0.39 is 0 Å². The summed E-state index contributed by atoms with van der Waals surface area (Å²) >= 11 is 1.48. The molecule has 1 fully saturated rings. The number of H-pyrrole nitrogens is 1. The Bertz CT molecular complexity index is 982. The number of carbonyl (C=O) groups excluding carboxylic acids is 1. The van der Waals surface area contributed by atoms with Crippen molar-refractivity contribution in [2.24, 2.45) is 0 Å². The van der Waals surface area contributed by atoms with Crippen LogP contribution in [0, 0.1) is 5.82 Å². The van der Waals surface area contributed by atoms with Crippen LogP contribution in [-0.4, -0.2) is 58.1 Å². The number of nitrogens with one attached hydrogen (secondary N) is 1. The van der Waals surface area contributed by atoms with Crippen molar-refractivity contribution in [1.82, 2.24) is 19.9 Å². The molecule has 0 bridgehead atoms. The van der Waals surface area contributed by atoms with Gasteiger partial charge in [0, 0.05) is 19.1 Å². The Hall–Kier alpha value is -2.62. The predicted molar refractivity (Wildman–Crippen MR) is 114 cm³/mol. The SMILES string of the molecule is CC(C)N(C(=O)c1nc(CN2CCOCC2)sc1-c1ccc(F)cc1)c1cnc[nH]1. The Morgan fingerprint density at radius 3 is 2.67 bits per heavy atom. The van der Waals surface area contributed by atoms with Gasteiger partial charge >= 0.3 is 0 Å². The largest absolute Gasteiger partial charge is 0.379 e. The molecule has 3 heterocycles. The zero-order valence-corrected chi connectivity index (χ0v) is 17.8. The molecule has 30 heavy (non-hydrogen) atoms. The molecule has 1 saturated heterocycles. The number of benzene rings is 1. The van der Waals surface area contributed by atoms with Gasteiger partial charge in [-0.15, -0.1) is 11.3 Å². The van der Waals surface area contributed by atoms with Crippen LogP contribution in [0.5, 0.6) is 0 Å². The average molecular weight is 430 g/mol. The highest BCUT2D eigenvalue weighted by Crippen LogP contribution is 2.33. The summed E-state index contributed by atoms with van der Waals surface area (Å²) in [6, 6.07) is 6.09. The van der Waals surface area contributed by atoms with Gasteiger partial charge in [-0.05, 0) is 31.5 Å². The van der Waals surface area contributed by atoms with Crippen LogP contribution >= 0.6 is 11.3 Å². The minimum Gasteiger partial charge on any atom is -0.379 e. The van der Waals surface area contributed by atoms with Gasteiger partial charge in [-0.1, -0.05) is 12.1 Å². The molecule has 0 atom stereocenters. The van der Waals surface area contributed by atoms with E-state index in [2.05, 4.69) is 14.9 Å². The normalized spacial score (nSPS) is 14.9. The van der Waals surface area contributed by atoms with Crippen molar-refractivity contribution in [3.63, 3.8) is 0 Å². The number of thiazole rings is 1. The highest BCUT2D eigenvalue weighted by atomic mass is 32.1. The summed E-state index contributed by atoms with van der Waals surface area (Å²) in [5.74, 6) is 0.0896. The van der Waals surface area contributed by atoms with E-state index in [0.29, 0.717) is 31.3 Å². The molecule has 1 aromatic carbocycles. The lowest BCUT2D eigenvalue weighted by molar-refractivity contribution is 0.0341. The topological polar surface area (TPSA) is 74.3 Å². The first kappa shape index (κ1) is 20.6. The number of hydrogen-bond acceptors (Lipinski definition) is 6. The number of ether oxygens (including phenoxy) is 1. The molecule has 0 spiro atoms. The Labute approximate surface area is 178 Å². The monoisotopic (exact) mass is 429 g/mol. The van der Waals surface area contributed by atoms with Gasteiger partial charge in [-0.25, -0.2) is 14.4 Å². The lowest BCUT2D eigenvalue weighted by Gasteiger charge is -2.25. The summed E-state index contributed by atoms with van der Waals surface area (Å²) in [6.07, 6.45) is 3.17. The molecule has 2 aromatic heterocycles. The molecule has 158 valence electrons. The van der Waals surface area contributed by atoms with E-state index in [-0.39, 0.29) is 17.8 Å². The van der Waals surface area contributed by atoms with Gasteiger partial charge < -0.3 is 9.72 Å². The number of rotatable bonds is 6. The maximum atomic E-state index is 13.6. The second-order valence-electron chi connectivity index (χ2n) is 7.39. The van der Waals surface area contributed by atoms with Crippen LogP contribution in [0.3, 0.4) is 0 Å². The molecular weight excluding hydrogens is 405 g/mol. The molecule has 7 nitrogen and oxygen atoms in total. The third kappa shape index (κ3) is 4.43. The third-order valence-electron chi connectivity index (χ3n) is 4.92. The number of aromatic nitrogens is 3. The first-order chi connectivity index (χ1) is 14.5. The molecule has 1 amide bonds. The van der Waals surface area contributed by atoms with Crippen LogP contribution in [0.2, 0.25) is 0 Å². The van der Waals surface area contributed by atoms with Crippen LogP contribution in [-0.2, 0) is 11.3 Å². The summed E-state index contributed by atoms with van der Waals surface area (Å²) in [4.78, 5) is 30.0. The molecule has 9 heteroatoms. The van der Waals surface area contributed by atoms with E-state index in [1.54, 1.807) is 29.6 Å². The fraction of sp³-hybridized carbons (Fsp3) is 0.381. The van der Waals surface area contributed by atoms with Crippen molar-refractivity contribution in [3.8, 4) is 10.4 Å². The van der Waals surface area contributed by atoms with Crippen molar-refractivity contribution in [3.05, 3.63) is 53.3 Å². The van der Waals surface area contributed by atoms with Crippen LogP contribution in [0.1, 0.15) is 29.3 Å². The number of anilines is 1. The van der Waals surface area contributed by atoms with Gasteiger partial charge in [0.05, 0.1) is 37.2 Å². The number of nitrogens with zero attached hydrogens (tertiary/aromatic N) is 4. The Balaban J connectivity index is 1.72. The number of aromatic amines is 1. The smallest absolute Gasteiger partial charge is 0.279 e. The summed E-state index contributed by atoms with van der Waals surface area (Å²) in [5, 5.41) is 0.855. The molecule has 0 unspecified atom stereocenters. The predicted octanol–water partition coefficient (Wildman–Crippen LogP) is 3.56. The number of halogens is 1. The zero-order chi connectivity index (χ0) is 21.1. The van der Waals surface area contributed by atoms with Crippen molar-refractivity contribution in [2.75, 3.05) is 31.2 Å². The quantitative estimate of drug-likeness (QED) is 0.649. The molecule has 1 N–H and O–H groups in total. The fourth-order valence-corrected chi connectivity index (χ4v) is 4.54. The van der Waals surface area contributed by atoms with Crippen LogP contribution in [0.4, 0.5) is 10.2 Å². The minimum atomic E-state index is -0.314. The maximum absolute atomic E-state index is 13.6. The van der Waals surface area contributed by atoms with E-state index in [9.17, 15) is 9.18 Å². The zero-order valence-electron chi connectivity index (χ0n) is 17.0. The first-order valence-electron chi connectivity index (χ1n) is 9.90. The van der Waals surface area contributed by atoms with Crippen LogP contribution < -0.4 is 4.90 Å². The van der Waals surface area contributed by atoms with Crippen LogP contribution in [0.25, 0.3) is 10.4 Å². The number of amides is 1. The van der Waals surface area contributed by atoms with Crippen molar-refractivity contribution in [2.45, 2.75) is 26.4 Å². The van der Waals surface area contributed by atoms with Gasteiger partial charge in [-0.3, -0.25) is 14.6 Å². The Kier molecular flexibility index (Phi) is 6.21. The summed E-state index contributed by atoms with van der Waals surface area (Å²) in [7, 11) is 0. The van der Waals surface area contributed by atoms with Crippen molar-refractivity contribution >= 4 is 23.1 Å². The highest BCUT2D eigenvalue weighted by molar-refractivity contribution is 7.15. The second-order valence-corrected chi connectivity index (χ2v) is 8.47. The van der Waals surface area contributed by atoms with Gasteiger partial charge in [0.2, 0.25) is 0 Å². The first-order valence-corrected chi connectivity index (χ1v) is 10.7. The fourth-order valence-electron chi connectivity index (χ4n) is 3.44. The number of carbonyl (C=O) groups is 1. The molecule has 0 aliphatic carbocycles. The number of morpholine rings is 1. The highest BCUT2D eigenvalue weighted by Gasteiger charge is 2.28. The molecular formula is C21H24FN5O2S. The van der Waals surface area contributed by atoms with Gasteiger partial charge in [-0.2, -0.15) is 0 Å². The van der Waals surface area contributed by atoms with E-state index in [1.165, 1.54) is 23.5 Å². The molecule has 1 aliphatic heterocycles. The molecule has 3 aromatic rings. The van der Waals surface area contributed by atoms with Gasteiger partial charge in [0.15, 0.2) is 0 Å². The molecule has 0 radical (unpaired) electrons. The second kappa shape index (κ2) is 9.03. The summed E-state index contributed by atoms with van der Waals surface area (Å²) < 4.78 is 18.9. The van der Waals surface area contributed by atoms with E-state index in [1.807, 2.05) is 13.8 Å². The molecule has 1 aliphatic rings. The Morgan fingerprint density at radius 2 is 2.03 bits per heavy atom. The minimum absolute atomic E-state index is 0.0941. The van der Waals surface area contributed by atoms with Gasteiger partial charge in [0.1, 0.15) is 22.3 Å². The van der Waals surface area contributed by atoms with Gasteiger partial charge in [0.25, 0.3) is 5.91 Å². The third-order valence-corrected chi connectivity index (χ3v) is 6.01. The van der Waals surface area contributed by atoms with Crippen molar-refractivity contribution < 1.29 is 13.9 Å². The van der Waals surface area contributed by atoms with Crippen molar-refractivity contribution in [1.29, 1.82) is 0 Å². The lowest BCUT2D eigenvalue weighted by atomic mass is 10.1. The summed E-state index contributed by atoms with van der Waals surface area (Å²) in [6.45, 7) is 7.60. The maximum Gasteiger partial charge on any atom is 0.279 e. The van der Waals surface area contributed by atoms with E-state index in [0.717, 1.165) is 28.5 Å². The molecule has 0 saturated carbocycles. The number of imidazole rings is 1. The molecule has 4 rings (SSSR count). The van der Waals surface area contributed by atoms with E-state index in [4.69, 9.17) is 9.72 Å². The summed E-state index contributed by atoms with van der Waals surface area (Å²) in [5.41, 5.74) is 1.15. The number of hydrogen-bond donors (Lipinski definition) is 1. The van der Waals surface area contributed by atoms with Crippen LogP contribution in [0.15, 0.2) is 36.8 Å².